The van der Waals surface area contributed by atoms with E-state index in [4.69, 9.17) is 4.52 Å². The number of aromatic nitrogens is 1. The molecule has 3 aromatic rings. The molecule has 116 valence electrons. The van der Waals surface area contributed by atoms with Crippen LogP contribution in [-0.4, -0.2) is 11.2 Å². The molecular weight excluding hydrogens is 290 g/mol. The Balaban J connectivity index is 1.70. The maximum Gasteiger partial charge on any atom is 0.324 e. The average Bonchev–Trinajstić information content (AvgIpc) is 3.00. The lowest BCUT2D eigenvalue weighted by molar-refractivity contribution is 0.262. The van der Waals surface area contributed by atoms with Gasteiger partial charge in [-0.05, 0) is 25.0 Å². The van der Waals surface area contributed by atoms with E-state index in [0.717, 1.165) is 22.4 Å². The molecule has 1 aromatic heterocycles. The SMILES string of the molecule is Cc1cccc(C)c1NC(=O)Nc1cc(-c2ccccc2)on1. The second kappa shape index (κ2) is 6.36. The lowest BCUT2D eigenvalue weighted by Gasteiger charge is -2.11. The first-order valence-electron chi connectivity index (χ1n) is 7.30. The van der Waals surface area contributed by atoms with Crippen molar-refractivity contribution in [1.29, 1.82) is 0 Å². The van der Waals surface area contributed by atoms with Crippen LogP contribution in [-0.2, 0) is 0 Å². The summed E-state index contributed by atoms with van der Waals surface area (Å²) >= 11 is 0. The summed E-state index contributed by atoms with van der Waals surface area (Å²) in [5, 5.41) is 9.40. The van der Waals surface area contributed by atoms with Gasteiger partial charge >= 0.3 is 6.03 Å². The van der Waals surface area contributed by atoms with Crippen LogP contribution >= 0.6 is 0 Å². The zero-order valence-corrected chi connectivity index (χ0v) is 13.0. The number of aryl methyl sites for hydroxylation is 2. The van der Waals surface area contributed by atoms with E-state index in [-0.39, 0.29) is 6.03 Å². The third-order valence-corrected chi connectivity index (χ3v) is 3.53. The molecule has 0 saturated heterocycles. The molecule has 23 heavy (non-hydrogen) atoms. The predicted molar refractivity (Wildman–Crippen MR) is 90.5 cm³/mol. The van der Waals surface area contributed by atoms with E-state index in [1.165, 1.54) is 0 Å². The summed E-state index contributed by atoms with van der Waals surface area (Å²) in [6, 6.07) is 16.8. The summed E-state index contributed by atoms with van der Waals surface area (Å²) in [6.45, 7) is 3.90. The van der Waals surface area contributed by atoms with Gasteiger partial charge in [0, 0.05) is 17.3 Å². The van der Waals surface area contributed by atoms with Gasteiger partial charge in [0.15, 0.2) is 11.6 Å². The van der Waals surface area contributed by atoms with Crippen LogP contribution in [0.25, 0.3) is 11.3 Å². The van der Waals surface area contributed by atoms with Crippen LogP contribution in [0.1, 0.15) is 11.1 Å². The Hall–Kier alpha value is -3.08. The number of para-hydroxylation sites is 1. The quantitative estimate of drug-likeness (QED) is 0.743. The first-order valence-corrected chi connectivity index (χ1v) is 7.30. The highest BCUT2D eigenvalue weighted by molar-refractivity contribution is 6.00. The molecule has 0 aliphatic heterocycles. The van der Waals surface area contributed by atoms with Crippen LogP contribution in [0, 0.1) is 13.8 Å². The van der Waals surface area contributed by atoms with Gasteiger partial charge in [0.05, 0.1) is 0 Å². The Bertz CT molecular complexity index is 805. The number of urea groups is 1. The molecule has 3 rings (SSSR count). The number of anilines is 2. The summed E-state index contributed by atoms with van der Waals surface area (Å²) in [5.41, 5.74) is 3.72. The summed E-state index contributed by atoms with van der Waals surface area (Å²) in [5.74, 6) is 0.973. The molecule has 1 heterocycles. The molecule has 0 fully saturated rings. The van der Waals surface area contributed by atoms with Crippen LogP contribution in [0.3, 0.4) is 0 Å². The molecule has 0 spiro atoms. The van der Waals surface area contributed by atoms with Crippen molar-refractivity contribution in [3.8, 4) is 11.3 Å². The van der Waals surface area contributed by atoms with Crippen molar-refractivity contribution < 1.29 is 9.32 Å². The number of carbonyl (C=O) groups is 1. The zero-order chi connectivity index (χ0) is 16.2. The third kappa shape index (κ3) is 3.40. The van der Waals surface area contributed by atoms with E-state index in [1.807, 2.05) is 62.4 Å². The van der Waals surface area contributed by atoms with Crippen LogP contribution in [0.2, 0.25) is 0 Å². The number of amides is 2. The van der Waals surface area contributed by atoms with Crippen molar-refractivity contribution in [1.82, 2.24) is 5.16 Å². The Morgan fingerprint density at radius 1 is 0.957 bits per heavy atom. The minimum absolute atomic E-state index is 0.352. The van der Waals surface area contributed by atoms with Crippen molar-refractivity contribution in [3.05, 3.63) is 65.7 Å². The summed E-state index contributed by atoms with van der Waals surface area (Å²) in [6.07, 6.45) is 0. The number of hydrogen-bond donors (Lipinski definition) is 2. The van der Waals surface area contributed by atoms with Gasteiger partial charge in [0.2, 0.25) is 0 Å². The van der Waals surface area contributed by atoms with Gasteiger partial charge in [-0.15, -0.1) is 0 Å². The van der Waals surface area contributed by atoms with Crippen molar-refractivity contribution in [2.45, 2.75) is 13.8 Å². The maximum absolute atomic E-state index is 12.1. The second-order valence-electron chi connectivity index (χ2n) is 5.29. The largest absolute Gasteiger partial charge is 0.354 e. The van der Waals surface area contributed by atoms with E-state index in [9.17, 15) is 4.79 Å². The van der Waals surface area contributed by atoms with Crippen LogP contribution in [0.15, 0.2) is 59.1 Å². The molecule has 2 N–H and O–H groups in total. The van der Waals surface area contributed by atoms with E-state index in [0.29, 0.717) is 11.6 Å². The van der Waals surface area contributed by atoms with Crippen LogP contribution in [0.5, 0.6) is 0 Å². The Morgan fingerprint density at radius 3 is 2.35 bits per heavy atom. The molecule has 2 amide bonds. The van der Waals surface area contributed by atoms with Gasteiger partial charge in [0.25, 0.3) is 0 Å². The van der Waals surface area contributed by atoms with Crippen molar-refractivity contribution in [3.63, 3.8) is 0 Å². The molecular formula is C18H17N3O2. The molecule has 2 aromatic carbocycles. The smallest absolute Gasteiger partial charge is 0.324 e. The van der Waals surface area contributed by atoms with E-state index < -0.39 is 0 Å². The lowest BCUT2D eigenvalue weighted by atomic mass is 10.1. The van der Waals surface area contributed by atoms with E-state index >= 15 is 0 Å². The zero-order valence-electron chi connectivity index (χ0n) is 13.0. The minimum atomic E-state index is -0.352. The van der Waals surface area contributed by atoms with Gasteiger partial charge < -0.3 is 9.84 Å². The maximum atomic E-state index is 12.1. The molecule has 0 saturated carbocycles. The molecule has 0 unspecified atom stereocenters. The number of benzene rings is 2. The fraction of sp³-hybridized carbons (Fsp3) is 0.111. The molecule has 5 heteroatoms. The third-order valence-electron chi connectivity index (χ3n) is 3.53. The van der Waals surface area contributed by atoms with Crippen molar-refractivity contribution >= 4 is 17.5 Å². The molecule has 0 atom stereocenters. The van der Waals surface area contributed by atoms with Gasteiger partial charge in [-0.3, -0.25) is 5.32 Å². The molecule has 5 nitrogen and oxygen atoms in total. The van der Waals surface area contributed by atoms with E-state index in [2.05, 4.69) is 15.8 Å². The molecule has 0 aliphatic rings. The summed E-state index contributed by atoms with van der Waals surface area (Å²) in [4.78, 5) is 12.1. The van der Waals surface area contributed by atoms with Gasteiger partial charge in [-0.2, -0.15) is 0 Å². The van der Waals surface area contributed by atoms with E-state index in [1.54, 1.807) is 6.07 Å². The van der Waals surface area contributed by atoms with Gasteiger partial charge in [0.1, 0.15) is 0 Å². The lowest BCUT2D eigenvalue weighted by Crippen LogP contribution is -2.20. The monoisotopic (exact) mass is 307 g/mol. The number of carbonyl (C=O) groups excluding carboxylic acids is 1. The van der Waals surface area contributed by atoms with Crippen molar-refractivity contribution in [2.24, 2.45) is 0 Å². The topological polar surface area (TPSA) is 67.2 Å². The molecule has 0 radical (unpaired) electrons. The Labute approximate surface area is 134 Å². The number of hydrogen-bond acceptors (Lipinski definition) is 3. The normalized spacial score (nSPS) is 10.3. The first-order chi connectivity index (χ1) is 11.1. The van der Waals surface area contributed by atoms with Crippen LogP contribution in [0.4, 0.5) is 16.3 Å². The molecule has 0 aliphatic carbocycles. The van der Waals surface area contributed by atoms with Gasteiger partial charge in [-0.25, -0.2) is 4.79 Å². The average molecular weight is 307 g/mol. The van der Waals surface area contributed by atoms with Crippen LogP contribution < -0.4 is 10.6 Å². The number of rotatable bonds is 3. The summed E-state index contributed by atoms with van der Waals surface area (Å²) in [7, 11) is 0. The highest BCUT2D eigenvalue weighted by Gasteiger charge is 2.11. The minimum Gasteiger partial charge on any atom is -0.354 e. The Kier molecular flexibility index (Phi) is 4.10. The van der Waals surface area contributed by atoms with Gasteiger partial charge in [-0.1, -0.05) is 53.7 Å². The van der Waals surface area contributed by atoms with Crippen molar-refractivity contribution in [2.75, 3.05) is 10.6 Å². The first kappa shape index (κ1) is 14.8. The fourth-order valence-corrected chi connectivity index (χ4v) is 2.35. The highest BCUT2D eigenvalue weighted by atomic mass is 16.5. The molecule has 0 bridgehead atoms. The fourth-order valence-electron chi connectivity index (χ4n) is 2.35. The Morgan fingerprint density at radius 2 is 1.65 bits per heavy atom. The number of nitrogens with zero attached hydrogens (tertiary/aromatic N) is 1. The second-order valence-corrected chi connectivity index (χ2v) is 5.29. The summed E-state index contributed by atoms with van der Waals surface area (Å²) < 4.78 is 5.26. The number of nitrogens with one attached hydrogen (secondary N) is 2. The standard InChI is InChI=1S/C18H17N3O2/c1-12-7-6-8-13(2)17(12)20-18(22)19-16-11-15(23-21-16)14-9-4-3-5-10-14/h3-11H,1-2H3,(H2,19,20,21,22). The highest BCUT2D eigenvalue weighted by Crippen LogP contribution is 2.23. The predicted octanol–water partition coefficient (Wildman–Crippen LogP) is 4.60.